The molecule has 7 nitrogen and oxygen atoms in total. The Morgan fingerprint density at radius 3 is 2.46 bits per heavy atom. The van der Waals surface area contributed by atoms with E-state index in [1.54, 1.807) is 25.6 Å². The third kappa shape index (κ3) is 4.71. The van der Waals surface area contributed by atoms with E-state index in [1.165, 1.54) is 10.4 Å². The number of aryl methyl sites for hydroxylation is 1. The normalized spacial score (nSPS) is 15.0. The van der Waals surface area contributed by atoms with Gasteiger partial charge in [-0.25, -0.2) is 4.98 Å². The predicted molar refractivity (Wildman–Crippen MR) is 137 cm³/mol. The molecule has 0 radical (unpaired) electrons. The van der Waals surface area contributed by atoms with Gasteiger partial charge in [-0.3, -0.25) is 4.79 Å². The second kappa shape index (κ2) is 10.00. The number of hydrogen-bond acceptors (Lipinski definition) is 7. The minimum atomic E-state index is -0.0789. The van der Waals surface area contributed by atoms with E-state index >= 15 is 0 Å². The number of para-hydroxylation sites is 2. The van der Waals surface area contributed by atoms with Gasteiger partial charge in [0.05, 0.1) is 19.6 Å². The number of nitrogens with zero attached hydrogens (tertiary/aromatic N) is 1. The Morgan fingerprint density at radius 1 is 1.00 bits per heavy atom. The highest BCUT2D eigenvalue weighted by atomic mass is 32.1. The molecular formula is C27H28N2O5S. The molecule has 0 amide bonds. The summed E-state index contributed by atoms with van der Waals surface area (Å²) in [5.74, 6) is 3.65. The lowest BCUT2D eigenvalue weighted by molar-refractivity contribution is 0.206. The van der Waals surface area contributed by atoms with Gasteiger partial charge >= 0.3 is 0 Å². The van der Waals surface area contributed by atoms with Crippen LogP contribution in [0.2, 0.25) is 0 Å². The van der Waals surface area contributed by atoms with Crippen LogP contribution >= 0.6 is 11.3 Å². The van der Waals surface area contributed by atoms with Crippen molar-refractivity contribution >= 4 is 21.6 Å². The number of hydrogen-bond donors (Lipinski definition) is 1. The molecule has 0 fully saturated rings. The molecule has 2 aromatic carbocycles. The molecule has 0 unspecified atom stereocenters. The first-order valence-electron chi connectivity index (χ1n) is 11.7. The summed E-state index contributed by atoms with van der Waals surface area (Å²) in [7, 11) is 3.20. The molecule has 4 aromatic rings. The van der Waals surface area contributed by atoms with Crippen LogP contribution in [0.1, 0.15) is 23.8 Å². The molecule has 0 spiro atoms. The molecule has 5 rings (SSSR count). The molecule has 0 saturated carbocycles. The summed E-state index contributed by atoms with van der Waals surface area (Å²) in [4.78, 5) is 22.9. The topological polar surface area (TPSA) is 82.7 Å². The van der Waals surface area contributed by atoms with Crippen LogP contribution in [-0.4, -0.2) is 37.4 Å². The molecule has 182 valence electrons. The summed E-state index contributed by atoms with van der Waals surface area (Å²) in [6.07, 6.45) is 3.08. The van der Waals surface area contributed by atoms with Crippen molar-refractivity contribution in [3.05, 3.63) is 63.3 Å². The summed E-state index contributed by atoms with van der Waals surface area (Å²) in [6, 6.07) is 13.0. The fourth-order valence-electron chi connectivity index (χ4n) is 4.46. The molecule has 1 aliphatic carbocycles. The maximum Gasteiger partial charge on any atom is 0.260 e. The Hall–Kier alpha value is -3.52. The monoisotopic (exact) mass is 492 g/mol. The van der Waals surface area contributed by atoms with Gasteiger partial charge in [0, 0.05) is 10.4 Å². The van der Waals surface area contributed by atoms with E-state index in [2.05, 4.69) is 11.9 Å². The zero-order valence-electron chi connectivity index (χ0n) is 20.1. The van der Waals surface area contributed by atoms with Crippen LogP contribution in [0.25, 0.3) is 21.6 Å². The van der Waals surface area contributed by atoms with Gasteiger partial charge in [0.25, 0.3) is 5.56 Å². The SMILES string of the molecule is COc1ccccc1OCCOc1ccc(-c2nc3sc4c(c3c(=O)[nH]2)CC[C@H](C)C4)cc1OC. The van der Waals surface area contributed by atoms with Gasteiger partial charge in [-0.1, -0.05) is 19.1 Å². The zero-order chi connectivity index (χ0) is 24.4. The van der Waals surface area contributed by atoms with Crippen LogP contribution in [-0.2, 0) is 12.8 Å². The van der Waals surface area contributed by atoms with Crippen LogP contribution in [0.4, 0.5) is 0 Å². The van der Waals surface area contributed by atoms with Crippen molar-refractivity contribution in [3.63, 3.8) is 0 Å². The van der Waals surface area contributed by atoms with Crippen LogP contribution in [0, 0.1) is 5.92 Å². The average molecular weight is 493 g/mol. The summed E-state index contributed by atoms with van der Waals surface area (Å²) >= 11 is 1.64. The van der Waals surface area contributed by atoms with Crippen molar-refractivity contribution in [1.82, 2.24) is 9.97 Å². The lowest BCUT2D eigenvalue weighted by Crippen LogP contribution is -2.13. The molecule has 0 bridgehead atoms. The number of aromatic nitrogens is 2. The largest absolute Gasteiger partial charge is 0.493 e. The van der Waals surface area contributed by atoms with Crippen LogP contribution in [0.3, 0.4) is 0 Å². The van der Waals surface area contributed by atoms with E-state index in [4.69, 9.17) is 23.9 Å². The lowest BCUT2D eigenvalue weighted by Gasteiger charge is -2.17. The summed E-state index contributed by atoms with van der Waals surface area (Å²) in [5.41, 5.74) is 1.86. The third-order valence-electron chi connectivity index (χ3n) is 6.27. The summed E-state index contributed by atoms with van der Waals surface area (Å²) in [5, 5.41) is 0.752. The molecule has 0 aliphatic heterocycles. The molecular weight excluding hydrogens is 464 g/mol. The first kappa shape index (κ1) is 23.2. The third-order valence-corrected chi connectivity index (χ3v) is 7.42. The van der Waals surface area contributed by atoms with Crippen LogP contribution in [0.5, 0.6) is 23.0 Å². The van der Waals surface area contributed by atoms with Crippen molar-refractivity contribution in [2.75, 3.05) is 27.4 Å². The van der Waals surface area contributed by atoms with Gasteiger partial charge in [0.1, 0.15) is 23.9 Å². The van der Waals surface area contributed by atoms with Crippen molar-refractivity contribution < 1.29 is 18.9 Å². The Labute approximate surface area is 207 Å². The number of methoxy groups -OCH3 is 2. The maximum atomic E-state index is 13.0. The van der Waals surface area contributed by atoms with Crippen molar-refractivity contribution in [2.45, 2.75) is 26.2 Å². The van der Waals surface area contributed by atoms with Gasteiger partial charge in [0.2, 0.25) is 0 Å². The highest BCUT2D eigenvalue weighted by Gasteiger charge is 2.23. The Morgan fingerprint density at radius 2 is 1.71 bits per heavy atom. The number of H-pyrrole nitrogens is 1. The Kier molecular flexibility index (Phi) is 6.63. The van der Waals surface area contributed by atoms with Crippen LogP contribution < -0.4 is 24.5 Å². The molecule has 1 atom stereocenters. The van der Waals surface area contributed by atoms with Crippen molar-refractivity contribution in [1.29, 1.82) is 0 Å². The van der Waals surface area contributed by atoms with E-state index in [0.717, 1.165) is 35.0 Å². The lowest BCUT2D eigenvalue weighted by atomic mass is 9.89. The van der Waals surface area contributed by atoms with Gasteiger partial charge in [-0.05, 0) is 61.1 Å². The first-order valence-corrected chi connectivity index (χ1v) is 12.5. The van der Waals surface area contributed by atoms with Gasteiger partial charge in [0.15, 0.2) is 23.0 Å². The Bertz CT molecular complexity index is 1410. The standard InChI is InChI=1S/C27H28N2O5S/c1-16-8-10-18-23(14-16)35-27-24(18)26(30)28-25(29-27)17-9-11-21(22(15-17)32-3)34-13-12-33-20-7-5-4-6-19(20)31-2/h4-7,9,11,15-16H,8,10,12-14H2,1-3H3,(H,28,29,30)/t16-/m0/s1. The second-order valence-corrected chi connectivity index (χ2v) is 9.74. The zero-order valence-corrected chi connectivity index (χ0v) is 20.9. The number of fused-ring (bicyclic) bond motifs is 3. The van der Waals surface area contributed by atoms with Gasteiger partial charge in [-0.2, -0.15) is 0 Å². The minimum Gasteiger partial charge on any atom is -0.493 e. The number of nitrogens with one attached hydrogen (secondary N) is 1. The fourth-order valence-corrected chi connectivity index (χ4v) is 5.84. The highest BCUT2D eigenvalue weighted by Crippen LogP contribution is 2.37. The predicted octanol–water partition coefficient (Wildman–Crippen LogP) is 5.25. The molecule has 0 saturated heterocycles. The van der Waals surface area contributed by atoms with E-state index in [9.17, 15) is 4.79 Å². The molecule has 35 heavy (non-hydrogen) atoms. The van der Waals surface area contributed by atoms with E-state index in [0.29, 0.717) is 48.0 Å². The quantitative estimate of drug-likeness (QED) is 0.338. The molecule has 1 N–H and O–H groups in total. The van der Waals surface area contributed by atoms with E-state index < -0.39 is 0 Å². The number of benzene rings is 2. The molecule has 2 heterocycles. The number of thiophene rings is 1. The van der Waals surface area contributed by atoms with Crippen molar-refractivity contribution in [2.24, 2.45) is 5.92 Å². The average Bonchev–Trinajstić information content (AvgIpc) is 3.24. The highest BCUT2D eigenvalue weighted by molar-refractivity contribution is 7.18. The van der Waals surface area contributed by atoms with E-state index in [-0.39, 0.29) is 5.56 Å². The fraction of sp³-hybridized carbons (Fsp3) is 0.333. The molecule has 2 aromatic heterocycles. The van der Waals surface area contributed by atoms with Gasteiger partial charge < -0.3 is 23.9 Å². The van der Waals surface area contributed by atoms with Crippen molar-refractivity contribution in [3.8, 4) is 34.4 Å². The van der Waals surface area contributed by atoms with E-state index in [1.807, 2.05) is 42.5 Å². The van der Waals surface area contributed by atoms with Crippen LogP contribution in [0.15, 0.2) is 47.3 Å². The number of aromatic amines is 1. The summed E-state index contributed by atoms with van der Waals surface area (Å²) < 4.78 is 22.5. The maximum absolute atomic E-state index is 13.0. The number of ether oxygens (including phenoxy) is 4. The van der Waals surface area contributed by atoms with Gasteiger partial charge in [-0.15, -0.1) is 11.3 Å². The smallest absolute Gasteiger partial charge is 0.260 e. The number of rotatable bonds is 8. The summed E-state index contributed by atoms with van der Waals surface area (Å²) in [6.45, 7) is 2.93. The molecule has 1 aliphatic rings. The second-order valence-electron chi connectivity index (χ2n) is 8.66. The first-order chi connectivity index (χ1) is 17.1. The minimum absolute atomic E-state index is 0.0789. The Balaban J connectivity index is 1.33. The molecule has 8 heteroatoms.